The Balaban J connectivity index is 2.69. The summed E-state index contributed by atoms with van der Waals surface area (Å²) in [5.41, 5.74) is 0.359. The lowest BCUT2D eigenvalue weighted by Crippen LogP contribution is -2.38. The van der Waals surface area contributed by atoms with E-state index in [-0.39, 0.29) is 18.2 Å². The van der Waals surface area contributed by atoms with Crippen molar-refractivity contribution in [1.82, 2.24) is 9.62 Å². The number of carbonyl (C=O) groups is 1. The number of benzene rings is 1. The molecule has 7 nitrogen and oxygen atoms in total. The minimum Gasteiger partial charge on any atom is -0.497 e. The molecule has 154 valence electrons. The van der Waals surface area contributed by atoms with E-state index in [2.05, 4.69) is 5.32 Å². The van der Waals surface area contributed by atoms with E-state index in [1.807, 2.05) is 13.8 Å². The average Bonchev–Trinajstić information content (AvgIpc) is 2.67. The van der Waals surface area contributed by atoms with Crippen LogP contribution in [0.25, 0.3) is 0 Å². The van der Waals surface area contributed by atoms with Crippen LogP contribution in [0.1, 0.15) is 49.9 Å². The lowest BCUT2D eigenvalue weighted by atomic mass is 10.2. The van der Waals surface area contributed by atoms with Crippen molar-refractivity contribution in [1.29, 1.82) is 0 Å². The summed E-state index contributed by atoms with van der Waals surface area (Å²) in [6.07, 6.45) is 3.54. The maximum atomic E-state index is 12.6. The zero-order valence-corrected chi connectivity index (χ0v) is 17.6. The molecule has 1 amide bonds. The molecule has 0 heterocycles. The van der Waals surface area contributed by atoms with Crippen LogP contribution < -0.4 is 14.8 Å². The molecule has 0 aliphatic carbocycles. The van der Waals surface area contributed by atoms with Gasteiger partial charge in [0.1, 0.15) is 11.5 Å². The van der Waals surface area contributed by atoms with Gasteiger partial charge in [0.05, 0.1) is 20.0 Å². The molecule has 0 bridgehead atoms. The standard InChI is InChI=1S/C19H32N2O5S/c1-5-7-10-21(11-8-6-2)27(23,24)12-9-20-19(22)16-13-17(25-3)15-18(14-16)26-4/h13-15H,5-12H2,1-4H3,(H,20,22). The van der Waals surface area contributed by atoms with Gasteiger partial charge in [0.15, 0.2) is 0 Å². The van der Waals surface area contributed by atoms with E-state index >= 15 is 0 Å². The normalized spacial score (nSPS) is 11.4. The minimum absolute atomic E-state index is 0.0510. The molecule has 0 aliphatic heterocycles. The zero-order valence-electron chi connectivity index (χ0n) is 16.8. The molecule has 1 aromatic rings. The number of nitrogens with one attached hydrogen (secondary N) is 1. The molecule has 1 rings (SSSR count). The Hall–Kier alpha value is -1.80. The van der Waals surface area contributed by atoms with Gasteiger partial charge in [-0.3, -0.25) is 4.79 Å². The molecule has 0 spiro atoms. The maximum Gasteiger partial charge on any atom is 0.251 e. The number of ether oxygens (including phenoxy) is 2. The van der Waals surface area contributed by atoms with Gasteiger partial charge in [-0.05, 0) is 25.0 Å². The third-order valence-electron chi connectivity index (χ3n) is 4.17. The third kappa shape index (κ3) is 7.76. The predicted octanol–water partition coefficient (Wildman–Crippen LogP) is 2.67. The van der Waals surface area contributed by atoms with Crippen LogP contribution in [0.2, 0.25) is 0 Å². The van der Waals surface area contributed by atoms with Gasteiger partial charge in [-0.15, -0.1) is 0 Å². The molecule has 0 radical (unpaired) electrons. The second-order valence-corrected chi connectivity index (χ2v) is 8.37. The number of hydrogen-bond acceptors (Lipinski definition) is 5. The van der Waals surface area contributed by atoms with Crippen molar-refractivity contribution in [3.05, 3.63) is 23.8 Å². The largest absolute Gasteiger partial charge is 0.497 e. The molecule has 0 aromatic heterocycles. The first kappa shape index (κ1) is 23.2. The van der Waals surface area contributed by atoms with Crippen molar-refractivity contribution in [2.75, 3.05) is 39.6 Å². The Bertz CT molecular complexity index is 661. The quantitative estimate of drug-likeness (QED) is 0.550. The van der Waals surface area contributed by atoms with Gasteiger partial charge in [-0.1, -0.05) is 26.7 Å². The Morgan fingerprint density at radius 1 is 1.00 bits per heavy atom. The molecule has 0 aliphatic rings. The number of rotatable bonds is 13. The number of amides is 1. The molecule has 0 saturated carbocycles. The molecule has 0 saturated heterocycles. The van der Waals surface area contributed by atoms with Crippen LogP contribution >= 0.6 is 0 Å². The minimum atomic E-state index is -3.40. The van der Waals surface area contributed by atoms with E-state index in [0.717, 1.165) is 25.7 Å². The van der Waals surface area contributed by atoms with Crippen molar-refractivity contribution in [3.8, 4) is 11.5 Å². The second-order valence-electron chi connectivity index (χ2n) is 6.28. The van der Waals surface area contributed by atoms with Crippen LogP contribution in [0.5, 0.6) is 11.5 Å². The summed E-state index contributed by atoms with van der Waals surface area (Å²) in [5.74, 6) is 0.513. The van der Waals surface area contributed by atoms with E-state index < -0.39 is 10.0 Å². The summed E-state index contributed by atoms with van der Waals surface area (Å²) in [5, 5.41) is 2.67. The monoisotopic (exact) mass is 400 g/mol. The van der Waals surface area contributed by atoms with E-state index in [9.17, 15) is 13.2 Å². The summed E-state index contributed by atoms with van der Waals surface area (Å²) >= 11 is 0. The fraction of sp³-hybridized carbons (Fsp3) is 0.632. The van der Waals surface area contributed by atoms with Gasteiger partial charge in [0.2, 0.25) is 10.0 Å². The highest BCUT2D eigenvalue weighted by Crippen LogP contribution is 2.22. The van der Waals surface area contributed by atoms with Gasteiger partial charge < -0.3 is 14.8 Å². The van der Waals surface area contributed by atoms with Gasteiger partial charge in [-0.2, -0.15) is 0 Å². The van der Waals surface area contributed by atoms with Crippen molar-refractivity contribution in [2.24, 2.45) is 0 Å². The Morgan fingerprint density at radius 2 is 1.52 bits per heavy atom. The van der Waals surface area contributed by atoms with Crippen LogP contribution in [0.3, 0.4) is 0 Å². The summed E-state index contributed by atoms with van der Waals surface area (Å²) in [4.78, 5) is 12.4. The predicted molar refractivity (Wildman–Crippen MR) is 107 cm³/mol. The Labute approximate surface area is 163 Å². The lowest BCUT2D eigenvalue weighted by Gasteiger charge is -2.22. The Kier molecular flexibility index (Phi) is 10.2. The molecular weight excluding hydrogens is 368 g/mol. The summed E-state index contributed by atoms with van der Waals surface area (Å²) < 4.78 is 37.0. The molecule has 0 unspecified atom stereocenters. The fourth-order valence-electron chi connectivity index (χ4n) is 2.52. The van der Waals surface area contributed by atoms with Crippen molar-refractivity contribution in [2.45, 2.75) is 39.5 Å². The van der Waals surface area contributed by atoms with Gasteiger partial charge >= 0.3 is 0 Å². The van der Waals surface area contributed by atoms with E-state index in [1.54, 1.807) is 22.5 Å². The highest BCUT2D eigenvalue weighted by Gasteiger charge is 2.21. The van der Waals surface area contributed by atoms with Crippen LogP contribution in [0.4, 0.5) is 0 Å². The van der Waals surface area contributed by atoms with Gasteiger partial charge in [-0.25, -0.2) is 12.7 Å². The van der Waals surface area contributed by atoms with Crippen molar-refractivity contribution < 1.29 is 22.7 Å². The lowest BCUT2D eigenvalue weighted by molar-refractivity contribution is 0.0955. The van der Waals surface area contributed by atoms with Crippen LogP contribution in [-0.4, -0.2) is 58.2 Å². The third-order valence-corrected chi connectivity index (χ3v) is 6.05. The maximum absolute atomic E-state index is 12.6. The second kappa shape index (κ2) is 11.8. The SMILES string of the molecule is CCCCN(CCCC)S(=O)(=O)CCNC(=O)c1cc(OC)cc(OC)c1. The van der Waals surface area contributed by atoms with Crippen molar-refractivity contribution in [3.63, 3.8) is 0 Å². The topological polar surface area (TPSA) is 84.9 Å². The highest BCUT2D eigenvalue weighted by molar-refractivity contribution is 7.89. The van der Waals surface area contributed by atoms with Crippen LogP contribution in [0, 0.1) is 0 Å². The number of nitrogens with zero attached hydrogens (tertiary/aromatic N) is 1. The molecule has 27 heavy (non-hydrogen) atoms. The zero-order chi connectivity index (χ0) is 20.3. The summed E-state index contributed by atoms with van der Waals surface area (Å²) in [6.45, 7) is 5.18. The fourth-order valence-corrected chi connectivity index (χ4v) is 3.95. The van der Waals surface area contributed by atoms with Crippen LogP contribution in [-0.2, 0) is 10.0 Å². The molecule has 1 aromatic carbocycles. The van der Waals surface area contributed by atoms with E-state index in [0.29, 0.717) is 30.2 Å². The number of sulfonamides is 1. The highest BCUT2D eigenvalue weighted by atomic mass is 32.2. The van der Waals surface area contributed by atoms with Gasteiger partial charge in [0, 0.05) is 31.3 Å². The first-order chi connectivity index (χ1) is 12.9. The van der Waals surface area contributed by atoms with Gasteiger partial charge in [0.25, 0.3) is 5.91 Å². The number of carbonyl (C=O) groups excluding carboxylic acids is 1. The van der Waals surface area contributed by atoms with Crippen LogP contribution in [0.15, 0.2) is 18.2 Å². The summed E-state index contributed by atoms with van der Waals surface area (Å²) in [7, 11) is -0.393. The first-order valence-corrected chi connectivity index (χ1v) is 11.0. The molecule has 0 fully saturated rings. The first-order valence-electron chi connectivity index (χ1n) is 9.37. The molecule has 8 heteroatoms. The van der Waals surface area contributed by atoms with Crippen molar-refractivity contribution >= 4 is 15.9 Å². The number of unbranched alkanes of at least 4 members (excludes halogenated alkanes) is 2. The molecule has 0 atom stereocenters. The summed E-state index contributed by atoms with van der Waals surface area (Å²) in [6, 6.07) is 4.84. The molecule has 1 N–H and O–H groups in total. The Morgan fingerprint density at radius 3 is 1.96 bits per heavy atom. The molecular formula is C19H32N2O5S. The average molecular weight is 401 g/mol. The van der Waals surface area contributed by atoms with E-state index in [4.69, 9.17) is 9.47 Å². The number of methoxy groups -OCH3 is 2. The smallest absolute Gasteiger partial charge is 0.251 e. The van der Waals surface area contributed by atoms with E-state index in [1.165, 1.54) is 14.2 Å². The number of hydrogen-bond donors (Lipinski definition) is 1.